The highest BCUT2D eigenvalue weighted by Crippen LogP contribution is 2.25. The van der Waals surface area contributed by atoms with Crippen molar-refractivity contribution in [1.29, 1.82) is 0 Å². The minimum Gasteiger partial charge on any atom is -0.497 e. The SMILES string of the molecule is COc1ccc2c(c1)cc1n2C(=O)CNC1. The maximum atomic E-state index is 11.8. The Bertz CT molecular complexity index is 572. The van der Waals surface area contributed by atoms with Crippen molar-refractivity contribution in [2.75, 3.05) is 13.7 Å². The number of rotatable bonds is 1. The van der Waals surface area contributed by atoms with Gasteiger partial charge >= 0.3 is 0 Å². The average molecular weight is 216 g/mol. The second kappa shape index (κ2) is 3.35. The van der Waals surface area contributed by atoms with Crippen LogP contribution in [-0.2, 0) is 6.54 Å². The van der Waals surface area contributed by atoms with Crippen LogP contribution in [0, 0.1) is 0 Å². The Balaban J connectivity index is 2.28. The molecular weight excluding hydrogens is 204 g/mol. The monoisotopic (exact) mass is 216 g/mol. The molecule has 4 heteroatoms. The van der Waals surface area contributed by atoms with Crippen molar-refractivity contribution in [3.8, 4) is 5.75 Å². The summed E-state index contributed by atoms with van der Waals surface area (Å²) in [6.07, 6.45) is 0. The van der Waals surface area contributed by atoms with Crippen molar-refractivity contribution in [2.24, 2.45) is 0 Å². The van der Waals surface area contributed by atoms with Gasteiger partial charge in [0.2, 0.25) is 5.91 Å². The van der Waals surface area contributed by atoms with Gasteiger partial charge in [-0.3, -0.25) is 9.36 Å². The van der Waals surface area contributed by atoms with Crippen molar-refractivity contribution in [1.82, 2.24) is 9.88 Å². The zero-order valence-electron chi connectivity index (χ0n) is 8.99. The molecular formula is C12H12N2O2. The normalized spacial score (nSPS) is 15.2. The van der Waals surface area contributed by atoms with E-state index in [-0.39, 0.29) is 5.91 Å². The van der Waals surface area contributed by atoms with E-state index in [1.807, 2.05) is 24.3 Å². The lowest BCUT2D eigenvalue weighted by molar-refractivity contribution is 0.0900. The first kappa shape index (κ1) is 9.42. The lowest BCUT2D eigenvalue weighted by Crippen LogP contribution is -2.34. The molecule has 1 aromatic heterocycles. The molecule has 0 unspecified atom stereocenters. The number of nitrogens with zero attached hydrogens (tertiary/aromatic N) is 1. The van der Waals surface area contributed by atoms with E-state index in [9.17, 15) is 4.79 Å². The number of ether oxygens (including phenoxy) is 1. The lowest BCUT2D eigenvalue weighted by atomic mass is 10.2. The fourth-order valence-corrected chi connectivity index (χ4v) is 2.18. The van der Waals surface area contributed by atoms with Gasteiger partial charge in [0.25, 0.3) is 0 Å². The van der Waals surface area contributed by atoms with Crippen molar-refractivity contribution in [2.45, 2.75) is 6.54 Å². The minimum absolute atomic E-state index is 0.0985. The first-order valence-electron chi connectivity index (χ1n) is 5.22. The quantitative estimate of drug-likeness (QED) is 0.783. The van der Waals surface area contributed by atoms with Crippen molar-refractivity contribution >= 4 is 16.8 Å². The van der Waals surface area contributed by atoms with Crippen LogP contribution < -0.4 is 10.1 Å². The van der Waals surface area contributed by atoms with Crippen LogP contribution in [0.4, 0.5) is 0 Å². The van der Waals surface area contributed by atoms with Gasteiger partial charge in [0.15, 0.2) is 0 Å². The number of methoxy groups -OCH3 is 1. The van der Waals surface area contributed by atoms with Crippen LogP contribution in [0.5, 0.6) is 5.75 Å². The fourth-order valence-electron chi connectivity index (χ4n) is 2.18. The van der Waals surface area contributed by atoms with E-state index in [1.54, 1.807) is 11.7 Å². The summed E-state index contributed by atoms with van der Waals surface area (Å²) in [5.41, 5.74) is 1.97. The van der Waals surface area contributed by atoms with Gasteiger partial charge in [-0.1, -0.05) is 0 Å². The number of fused-ring (bicyclic) bond motifs is 3. The zero-order valence-corrected chi connectivity index (χ0v) is 8.99. The first-order chi connectivity index (χ1) is 7.79. The van der Waals surface area contributed by atoms with E-state index >= 15 is 0 Å². The molecule has 0 saturated heterocycles. The summed E-state index contributed by atoms with van der Waals surface area (Å²) in [7, 11) is 1.64. The van der Waals surface area contributed by atoms with Crippen LogP contribution in [-0.4, -0.2) is 24.1 Å². The van der Waals surface area contributed by atoms with Gasteiger partial charge in [-0.15, -0.1) is 0 Å². The number of hydrogen-bond donors (Lipinski definition) is 1. The van der Waals surface area contributed by atoms with Crippen LogP contribution in [0.1, 0.15) is 10.5 Å². The summed E-state index contributed by atoms with van der Waals surface area (Å²) in [5, 5.41) is 4.13. The Labute approximate surface area is 92.8 Å². The van der Waals surface area contributed by atoms with Crippen molar-refractivity contribution in [3.63, 3.8) is 0 Å². The van der Waals surface area contributed by atoms with Crippen molar-refractivity contribution in [3.05, 3.63) is 30.0 Å². The molecule has 0 aliphatic carbocycles. The molecule has 0 spiro atoms. The molecule has 0 bridgehead atoms. The number of carbonyl (C=O) groups excluding carboxylic acids is 1. The number of carbonyl (C=O) groups is 1. The Kier molecular flexibility index (Phi) is 1.97. The molecule has 4 nitrogen and oxygen atoms in total. The fraction of sp³-hybridized carbons (Fsp3) is 0.250. The van der Waals surface area contributed by atoms with E-state index in [1.165, 1.54) is 0 Å². The van der Waals surface area contributed by atoms with E-state index in [0.717, 1.165) is 28.9 Å². The van der Waals surface area contributed by atoms with E-state index in [2.05, 4.69) is 5.32 Å². The minimum atomic E-state index is 0.0985. The third kappa shape index (κ3) is 1.23. The van der Waals surface area contributed by atoms with Gasteiger partial charge in [0.05, 0.1) is 19.2 Å². The summed E-state index contributed by atoms with van der Waals surface area (Å²) in [6.45, 7) is 1.14. The molecule has 1 aromatic carbocycles. The Morgan fingerprint density at radius 3 is 3.00 bits per heavy atom. The van der Waals surface area contributed by atoms with Gasteiger partial charge in [0, 0.05) is 17.6 Å². The third-order valence-electron chi connectivity index (χ3n) is 2.92. The molecule has 0 fully saturated rings. The van der Waals surface area contributed by atoms with E-state index in [0.29, 0.717) is 6.54 Å². The summed E-state index contributed by atoms with van der Waals surface area (Å²) in [4.78, 5) is 11.8. The van der Waals surface area contributed by atoms with Crippen LogP contribution in [0.2, 0.25) is 0 Å². The molecule has 1 aliphatic heterocycles. The third-order valence-corrected chi connectivity index (χ3v) is 2.92. The number of aromatic nitrogens is 1. The Morgan fingerprint density at radius 2 is 2.19 bits per heavy atom. The predicted octanol–water partition coefficient (Wildman–Crippen LogP) is 1.39. The second-order valence-electron chi connectivity index (χ2n) is 3.89. The molecule has 0 atom stereocenters. The zero-order chi connectivity index (χ0) is 11.1. The Morgan fingerprint density at radius 1 is 1.31 bits per heavy atom. The van der Waals surface area contributed by atoms with Crippen LogP contribution >= 0.6 is 0 Å². The highest BCUT2D eigenvalue weighted by atomic mass is 16.5. The molecule has 0 radical (unpaired) electrons. The Hall–Kier alpha value is -1.81. The lowest BCUT2D eigenvalue weighted by Gasteiger charge is -2.15. The molecule has 2 heterocycles. The first-order valence-corrected chi connectivity index (χ1v) is 5.22. The number of hydrogen-bond acceptors (Lipinski definition) is 3. The van der Waals surface area contributed by atoms with Crippen molar-refractivity contribution < 1.29 is 9.53 Å². The molecule has 16 heavy (non-hydrogen) atoms. The summed E-state index contributed by atoms with van der Waals surface area (Å²) in [6, 6.07) is 7.79. The molecule has 1 N–H and O–H groups in total. The van der Waals surface area contributed by atoms with Crippen LogP contribution in [0.15, 0.2) is 24.3 Å². The molecule has 0 amide bonds. The van der Waals surface area contributed by atoms with Gasteiger partial charge < -0.3 is 10.1 Å². The largest absolute Gasteiger partial charge is 0.497 e. The van der Waals surface area contributed by atoms with E-state index in [4.69, 9.17) is 4.74 Å². The topological polar surface area (TPSA) is 43.3 Å². The van der Waals surface area contributed by atoms with Gasteiger partial charge in [-0.05, 0) is 24.3 Å². The number of benzene rings is 1. The standard InChI is InChI=1S/C12H12N2O2/c1-16-10-2-3-11-8(5-10)4-9-6-13-7-12(15)14(9)11/h2-5,13H,6-7H2,1H3. The average Bonchev–Trinajstić information content (AvgIpc) is 2.67. The number of nitrogens with one attached hydrogen (secondary N) is 1. The summed E-state index contributed by atoms with van der Waals surface area (Å²) >= 11 is 0. The van der Waals surface area contributed by atoms with Gasteiger partial charge in [-0.25, -0.2) is 0 Å². The predicted molar refractivity (Wildman–Crippen MR) is 60.8 cm³/mol. The highest BCUT2D eigenvalue weighted by molar-refractivity contribution is 5.95. The highest BCUT2D eigenvalue weighted by Gasteiger charge is 2.18. The van der Waals surface area contributed by atoms with Gasteiger partial charge in [-0.2, -0.15) is 0 Å². The molecule has 0 saturated carbocycles. The maximum absolute atomic E-state index is 11.8. The van der Waals surface area contributed by atoms with E-state index < -0.39 is 0 Å². The summed E-state index contributed by atoms with van der Waals surface area (Å²) in [5.74, 6) is 0.914. The second-order valence-corrected chi connectivity index (χ2v) is 3.89. The molecule has 1 aliphatic rings. The van der Waals surface area contributed by atoms with Gasteiger partial charge in [0.1, 0.15) is 5.75 Å². The smallest absolute Gasteiger partial charge is 0.245 e. The molecule has 82 valence electrons. The van der Waals surface area contributed by atoms with Crippen LogP contribution in [0.3, 0.4) is 0 Å². The maximum Gasteiger partial charge on any atom is 0.245 e. The molecule has 3 rings (SSSR count). The summed E-state index contributed by atoms with van der Waals surface area (Å²) < 4.78 is 6.95. The molecule has 2 aromatic rings. The van der Waals surface area contributed by atoms with Crippen LogP contribution in [0.25, 0.3) is 10.9 Å².